The van der Waals surface area contributed by atoms with Crippen molar-refractivity contribution in [3.05, 3.63) is 64.7 Å². The van der Waals surface area contributed by atoms with Crippen molar-refractivity contribution in [1.82, 2.24) is 5.06 Å². The first kappa shape index (κ1) is 21.5. The van der Waals surface area contributed by atoms with Gasteiger partial charge in [0.1, 0.15) is 5.60 Å². The summed E-state index contributed by atoms with van der Waals surface area (Å²) in [6.45, 7) is 0.886. The Hall–Kier alpha value is -2.78. The molecule has 0 atom stereocenters. The van der Waals surface area contributed by atoms with Gasteiger partial charge in [0.15, 0.2) is 0 Å². The molecule has 0 saturated carbocycles. The van der Waals surface area contributed by atoms with Gasteiger partial charge in [0.05, 0.1) is 11.3 Å². The average Bonchev–Trinajstić information content (AvgIpc) is 3.13. The first-order chi connectivity index (χ1) is 14.7. The number of nitrogens with one attached hydrogen (secondary N) is 1. The maximum absolute atomic E-state index is 12.7. The van der Waals surface area contributed by atoms with Crippen LogP contribution in [0.4, 0.5) is 23.7 Å². The molecular weight excluding hydrogens is 435 g/mol. The highest BCUT2D eigenvalue weighted by atomic mass is 35.5. The van der Waals surface area contributed by atoms with Crippen LogP contribution in [0.15, 0.2) is 53.7 Å². The Morgan fingerprint density at radius 2 is 1.87 bits per heavy atom. The van der Waals surface area contributed by atoms with E-state index in [1.807, 2.05) is 0 Å². The fourth-order valence-electron chi connectivity index (χ4n) is 3.61. The zero-order valence-electron chi connectivity index (χ0n) is 16.3. The van der Waals surface area contributed by atoms with Gasteiger partial charge in [0, 0.05) is 43.1 Å². The topological polar surface area (TPSA) is 63.2 Å². The van der Waals surface area contributed by atoms with E-state index in [2.05, 4.69) is 10.5 Å². The van der Waals surface area contributed by atoms with Gasteiger partial charge >= 0.3 is 12.3 Å². The van der Waals surface area contributed by atoms with E-state index in [0.717, 1.165) is 12.1 Å². The quantitative estimate of drug-likeness (QED) is 0.668. The Labute approximate surface area is 181 Å². The van der Waals surface area contributed by atoms with Crippen LogP contribution in [-0.4, -0.2) is 35.6 Å². The lowest BCUT2D eigenvalue weighted by molar-refractivity contribution is -0.154. The molecule has 1 fully saturated rings. The van der Waals surface area contributed by atoms with Gasteiger partial charge in [-0.2, -0.15) is 13.2 Å². The molecule has 0 bridgehead atoms. The molecule has 1 saturated heterocycles. The van der Waals surface area contributed by atoms with Gasteiger partial charge in [-0.3, -0.25) is 5.32 Å². The van der Waals surface area contributed by atoms with Gasteiger partial charge in [-0.25, -0.2) is 4.79 Å². The highest BCUT2D eigenvalue weighted by molar-refractivity contribution is 6.30. The zero-order valence-corrected chi connectivity index (χ0v) is 17.0. The Morgan fingerprint density at radius 1 is 1.16 bits per heavy atom. The summed E-state index contributed by atoms with van der Waals surface area (Å²) in [5.74, 6) is 0. The minimum absolute atomic E-state index is 0.443. The maximum Gasteiger partial charge on any atom is 0.430 e. The van der Waals surface area contributed by atoms with Crippen LogP contribution in [0, 0.1) is 0 Å². The van der Waals surface area contributed by atoms with E-state index in [4.69, 9.17) is 21.3 Å². The first-order valence-corrected chi connectivity index (χ1v) is 10.0. The fraction of sp³-hybridized carbons (Fsp3) is 0.333. The molecule has 2 aromatic carbocycles. The number of halogens is 4. The third-order valence-electron chi connectivity index (χ3n) is 5.30. The van der Waals surface area contributed by atoms with Crippen molar-refractivity contribution in [2.75, 3.05) is 18.4 Å². The van der Waals surface area contributed by atoms with Gasteiger partial charge < -0.3 is 9.68 Å². The van der Waals surface area contributed by atoms with Crippen molar-refractivity contribution in [1.29, 1.82) is 0 Å². The summed E-state index contributed by atoms with van der Waals surface area (Å²) in [5.41, 5.74) is 0.499. The standard InChI is InChI=1S/C21H19ClF3N3O3/c22-16-2-1-3-17(12-16)26-19(29)30-28-10-8-20(9-11-28)13-18(27-31-20)14-4-6-15(7-5-14)21(23,24)25/h1-7,12H,8-11,13H2,(H,26,29). The summed E-state index contributed by atoms with van der Waals surface area (Å²) in [6.07, 6.45) is -3.39. The molecule has 2 aliphatic heterocycles. The van der Waals surface area contributed by atoms with E-state index in [-0.39, 0.29) is 0 Å². The lowest BCUT2D eigenvalue weighted by Gasteiger charge is -2.35. The van der Waals surface area contributed by atoms with Gasteiger partial charge in [0.25, 0.3) is 0 Å². The minimum atomic E-state index is -4.38. The molecule has 1 amide bonds. The molecule has 10 heteroatoms. The maximum atomic E-state index is 12.7. The van der Waals surface area contributed by atoms with Crippen molar-refractivity contribution in [3.63, 3.8) is 0 Å². The number of nitrogens with zero attached hydrogens (tertiary/aromatic N) is 2. The van der Waals surface area contributed by atoms with E-state index in [9.17, 15) is 18.0 Å². The molecule has 4 rings (SSSR count). The molecule has 164 valence electrons. The molecular formula is C21H19ClF3N3O3. The second-order valence-corrected chi connectivity index (χ2v) is 7.94. The molecule has 0 aliphatic carbocycles. The number of oxime groups is 1. The predicted molar refractivity (Wildman–Crippen MR) is 109 cm³/mol. The number of carbonyl (C=O) groups is 1. The highest BCUT2D eigenvalue weighted by Crippen LogP contribution is 2.37. The highest BCUT2D eigenvalue weighted by Gasteiger charge is 2.43. The molecule has 1 spiro atoms. The number of piperidine rings is 1. The van der Waals surface area contributed by atoms with Crippen molar-refractivity contribution < 1.29 is 27.6 Å². The summed E-state index contributed by atoms with van der Waals surface area (Å²) >= 11 is 5.90. The Balaban J connectivity index is 1.28. The van der Waals surface area contributed by atoms with Crippen molar-refractivity contribution in [2.24, 2.45) is 5.16 Å². The number of anilines is 1. The normalized spacial score (nSPS) is 18.4. The number of hydroxylamine groups is 2. The summed E-state index contributed by atoms with van der Waals surface area (Å²) in [6, 6.07) is 11.6. The smallest absolute Gasteiger partial charge is 0.388 e. The van der Waals surface area contributed by atoms with Crippen LogP contribution in [-0.2, 0) is 15.9 Å². The predicted octanol–water partition coefficient (Wildman–Crippen LogP) is 5.48. The molecule has 0 radical (unpaired) electrons. The van der Waals surface area contributed by atoms with Crippen LogP contribution < -0.4 is 5.32 Å². The number of hydrogen-bond acceptors (Lipinski definition) is 5. The lowest BCUT2D eigenvalue weighted by Crippen LogP contribution is -2.45. The van der Waals surface area contributed by atoms with Crippen LogP contribution in [0.25, 0.3) is 0 Å². The van der Waals surface area contributed by atoms with Gasteiger partial charge in [0.2, 0.25) is 0 Å². The number of amides is 1. The van der Waals surface area contributed by atoms with Gasteiger partial charge in [-0.1, -0.05) is 35.0 Å². The second-order valence-electron chi connectivity index (χ2n) is 7.51. The average molecular weight is 454 g/mol. The van der Waals surface area contributed by atoms with Gasteiger partial charge in [-0.05, 0) is 35.9 Å². The molecule has 1 N–H and O–H groups in total. The van der Waals surface area contributed by atoms with Crippen molar-refractivity contribution in [3.8, 4) is 0 Å². The number of rotatable bonds is 3. The summed E-state index contributed by atoms with van der Waals surface area (Å²) in [5, 5.41) is 8.77. The minimum Gasteiger partial charge on any atom is -0.388 e. The summed E-state index contributed by atoms with van der Waals surface area (Å²) in [4.78, 5) is 23.1. The van der Waals surface area contributed by atoms with E-state index in [0.29, 0.717) is 54.3 Å². The van der Waals surface area contributed by atoms with E-state index >= 15 is 0 Å². The second kappa shape index (κ2) is 8.39. The van der Waals surface area contributed by atoms with Crippen molar-refractivity contribution >= 4 is 29.1 Å². The van der Waals surface area contributed by atoms with Crippen LogP contribution in [0.5, 0.6) is 0 Å². The number of benzene rings is 2. The summed E-state index contributed by atoms with van der Waals surface area (Å²) < 4.78 is 38.2. The molecule has 2 heterocycles. The Morgan fingerprint density at radius 3 is 2.52 bits per heavy atom. The Kier molecular flexibility index (Phi) is 5.81. The van der Waals surface area contributed by atoms with E-state index in [1.165, 1.54) is 12.1 Å². The third-order valence-corrected chi connectivity index (χ3v) is 5.54. The largest absolute Gasteiger partial charge is 0.430 e. The number of alkyl halides is 3. The molecule has 31 heavy (non-hydrogen) atoms. The monoisotopic (exact) mass is 453 g/mol. The fourth-order valence-corrected chi connectivity index (χ4v) is 3.80. The van der Waals surface area contributed by atoms with E-state index in [1.54, 1.807) is 29.3 Å². The number of hydrogen-bond donors (Lipinski definition) is 1. The SMILES string of the molecule is O=C(Nc1cccc(Cl)c1)ON1CCC2(CC1)CC(c1ccc(C(F)(F)F)cc1)=NO2. The zero-order chi connectivity index (χ0) is 22.1. The summed E-state index contributed by atoms with van der Waals surface area (Å²) in [7, 11) is 0. The lowest BCUT2D eigenvalue weighted by atomic mass is 9.86. The number of carbonyl (C=O) groups excluding carboxylic acids is 1. The van der Waals surface area contributed by atoms with Crippen LogP contribution in [0.2, 0.25) is 5.02 Å². The van der Waals surface area contributed by atoms with Crippen LogP contribution >= 0.6 is 11.6 Å². The molecule has 2 aliphatic rings. The third kappa shape index (κ3) is 5.11. The Bertz CT molecular complexity index is 987. The van der Waals surface area contributed by atoms with Gasteiger partial charge in [-0.15, -0.1) is 5.06 Å². The molecule has 6 nitrogen and oxygen atoms in total. The van der Waals surface area contributed by atoms with Crippen LogP contribution in [0.3, 0.4) is 0 Å². The molecule has 0 aromatic heterocycles. The van der Waals surface area contributed by atoms with Crippen LogP contribution in [0.1, 0.15) is 30.4 Å². The molecule has 2 aromatic rings. The molecule has 0 unspecified atom stereocenters. The van der Waals surface area contributed by atoms with E-state index < -0.39 is 23.4 Å². The van der Waals surface area contributed by atoms with Crippen molar-refractivity contribution in [2.45, 2.75) is 31.0 Å². The first-order valence-electron chi connectivity index (χ1n) is 9.65.